The summed E-state index contributed by atoms with van der Waals surface area (Å²) in [5.41, 5.74) is 0.812. The van der Waals surface area contributed by atoms with Crippen LogP contribution in [0, 0.1) is 6.92 Å². The Hall–Kier alpha value is -2.70. The second kappa shape index (κ2) is 5.49. The van der Waals surface area contributed by atoms with Crippen LogP contribution < -0.4 is 10.6 Å². The number of nitrogens with zero attached hydrogens (tertiary/aromatic N) is 5. The van der Waals surface area contributed by atoms with E-state index in [1.807, 2.05) is 24.4 Å². The molecule has 4 rings (SSSR count). The summed E-state index contributed by atoms with van der Waals surface area (Å²) in [7, 11) is 0. The van der Waals surface area contributed by atoms with Crippen LogP contribution in [0.5, 0.6) is 0 Å². The van der Waals surface area contributed by atoms with Crippen molar-refractivity contribution in [2.45, 2.75) is 25.8 Å². The van der Waals surface area contributed by atoms with E-state index in [9.17, 15) is 4.79 Å². The molecule has 0 bridgehead atoms. The van der Waals surface area contributed by atoms with E-state index in [0.717, 1.165) is 42.7 Å². The monoisotopic (exact) mass is 310 g/mol. The van der Waals surface area contributed by atoms with Gasteiger partial charge in [0.25, 0.3) is 0 Å². The van der Waals surface area contributed by atoms with Crippen LogP contribution in [0.1, 0.15) is 24.7 Å². The maximum absolute atomic E-state index is 11.9. The van der Waals surface area contributed by atoms with E-state index >= 15 is 0 Å². The molecule has 1 aliphatic heterocycles. The third-order valence-corrected chi connectivity index (χ3v) is 4.37. The van der Waals surface area contributed by atoms with Gasteiger partial charge in [0.2, 0.25) is 0 Å². The number of fused-ring (bicyclic) bond motifs is 1. The highest BCUT2D eigenvalue weighted by molar-refractivity contribution is 5.88. The standard InChI is InChI=1S/C16H18N6O/c1-11-19-16(23)22(20-11)13-5-9-21(10-6-13)15-14-12(4-8-18-15)3-2-7-17-14/h2-4,7-8,13H,5-6,9-10H2,1H3,(H,19,20,23). The molecule has 1 N–H and O–H groups in total. The molecule has 0 spiro atoms. The molecule has 0 atom stereocenters. The van der Waals surface area contributed by atoms with Gasteiger partial charge < -0.3 is 4.90 Å². The second-order valence-corrected chi connectivity index (χ2v) is 5.89. The quantitative estimate of drug-likeness (QED) is 0.779. The molecule has 0 saturated carbocycles. The molecule has 4 heterocycles. The average molecular weight is 310 g/mol. The van der Waals surface area contributed by atoms with Gasteiger partial charge in [-0.15, -0.1) is 0 Å². The van der Waals surface area contributed by atoms with Crippen LogP contribution in [0.25, 0.3) is 10.9 Å². The van der Waals surface area contributed by atoms with Crippen LogP contribution in [0.15, 0.2) is 35.4 Å². The van der Waals surface area contributed by atoms with Crippen molar-refractivity contribution in [1.29, 1.82) is 0 Å². The number of anilines is 1. The topological polar surface area (TPSA) is 79.7 Å². The Bertz CT molecular complexity index is 885. The Morgan fingerprint density at radius 2 is 2.00 bits per heavy atom. The zero-order valence-corrected chi connectivity index (χ0v) is 12.9. The molecule has 23 heavy (non-hydrogen) atoms. The van der Waals surface area contributed by atoms with Gasteiger partial charge >= 0.3 is 5.69 Å². The Kier molecular flexibility index (Phi) is 3.33. The van der Waals surface area contributed by atoms with Gasteiger partial charge in [-0.2, -0.15) is 5.10 Å². The summed E-state index contributed by atoms with van der Waals surface area (Å²) < 4.78 is 1.58. The predicted octanol–water partition coefficient (Wildman–Crippen LogP) is 1.66. The summed E-state index contributed by atoms with van der Waals surface area (Å²) >= 11 is 0. The first-order valence-corrected chi connectivity index (χ1v) is 7.82. The lowest BCUT2D eigenvalue weighted by Gasteiger charge is -2.32. The number of H-pyrrole nitrogens is 1. The van der Waals surface area contributed by atoms with Gasteiger partial charge in [-0.25, -0.2) is 14.5 Å². The summed E-state index contributed by atoms with van der Waals surface area (Å²) in [5.74, 6) is 1.59. The third-order valence-electron chi connectivity index (χ3n) is 4.37. The fourth-order valence-electron chi connectivity index (χ4n) is 3.23. The van der Waals surface area contributed by atoms with Crippen molar-refractivity contribution in [3.05, 3.63) is 46.9 Å². The molecule has 0 aromatic carbocycles. The van der Waals surface area contributed by atoms with E-state index in [1.165, 1.54) is 0 Å². The molecule has 1 aliphatic rings. The maximum atomic E-state index is 11.9. The lowest BCUT2D eigenvalue weighted by Crippen LogP contribution is -2.38. The summed E-state index contributed by atoms with van der Waals surface area (Å²) in [4.78, 5) is 25.9. The Morgan fingerprint density at radius 3 is 2.74 bits per heavy atom. The predicted molar refractivity (Wildman–Crippen MR) is 87.6 cm³/mol. The molecule has 7 heteroatoms. The van der Waals surface area contributed by atoms with Crippen LogP contribution in [0.4, 0.5) is 5.82 Å². The number of rotatable bonds is 2. The van der Waals surface area contributed by atoms with Gasteiger partial charge in [-0.3, -0.25) is 9.97 Å². The van der Waals surface area contributed by atoms with Crippen molar-refractivity contribution in [3.8, 4) is 0 Å². The zero-order chi connectivity index (χ0) is 15.8. The van der Waals surface area contributed by atoms with Gasteiger partial charge in [0.1, 0.15) is 11.3 Å². The van der Waals surface area contributed by atoms with E-state index in [0.29, 0.717) is 5.82 Å². The molecule has 0 radical (unpaired) electrons. The molecule has 1 saturated heterocycles. The molecule has 0 aliphatic carbocycles. The van der Waals surface area contributed by atoms with Crippen molar-refractivity contribution < 1.29 is 0 Å². The minimum absolute atomic E-state index is 0.120. The molecule has 3 aromatic heterocycles. The third kappa shape index (κ3) is 2.48. The average Bonchev–Trinajstić information content (AvgIpc) is 2.93. The molecule has 118 valence electrons. The van der Waals surface area contributed by atoms with Gasteiger partial charge in [0.15, 0.2) is 5.82 Å². The van der Waals surface area contributed by atoms with E-state index in [1.54, 1.807) is 17.8 Å². The van der Waals surface area contributed by atoms with Crippen LogP contribution in [0.2, 0.25) is 0 Å². The Balaban J connectivity index is 1.57. The number of hydrogen-bond acceptors (Lipinski definition) is 5. The minimum atomic E-state index is -0.120. The Labute approximate surface area is 133 Å². The van der Waals surface area contributed by atoms with Gasteiger partial charge in [-0.05, 0) is 31.9 Å². The highest BCUT2D eigenvalue weighted by Gasteiger charge is 2.24. The van der Waals surface area contributed by atoms with Crippen LogP contribution in [-0.4, -0.2) is 37.8 Å². The molecule has 3 aromatic rings. The van der Waals surface area contributed by atoms with Crippen molar-refractivity contribution in [2.75, 3.05) is 18.0 Å². The number of aromatic amines is 1. The first kappa shape index (κ1) is 13.9. The van der Waals surface area contributed by atoms with E-state index in [2.05, 4.69) is 25.0 Å². The molecule has 0 amide bonds. The fraction of sp³-hybridized carbons (Fsp3) is 0.375. The normalized spacial score (nSPS) is 16.1. The number of aryl methyl sites for hydroxylation is 1. The SMILES string of the molecule is Cc1nn(C2CCN(c3nccc4cccnc34)CC2)c(=O)[nH]1. The van der Waals surface area contributed by atoms with Crippen molar-refractivity contribution in [1.82, 2.24) is 24.7 Å². The van der Waals surface area contributed by atoms with Crippen LogP contribution in [-0.2, 0) is 0 Å². The molecule has 7 nitrogen and oxygen atoms in total. The summed E-state index contributed by atoms with van der Waals surface area (Å²) in [6.07, 6.45) is 5.36. The van der Waals surface area contributed by atoms with Crippen molar-refractivity contribution in [3.63, 3.8) is 0 Å². The lowest BCUT2D eigenvalue weighted by atomic mass is 10.1. The first-order chi connectivity index (χ1) is 11.2. The van der Waals surface area contributed by atoms with E-state index < -0.39 is 0 Å². The van der Waals surface area contributed by atoms with Crippen LogP contribution in [0.3, 0.4) is 0 Å². The number of piperidine rings is 1. The molecular weight excluding hydrogens is 292 g/mol. The number of pyridine rings is 2. The molecule has 0 unspecified atom stereocenters. The molecular formula is C16H18N6O. The van der Waals surface area contributed by atoms with Gasteiger partial charge in [0, 0.05) is 30.9 Å². The molecule has 1 fully saturated rings. The van der Waals surface area contributed by atoms with Crippen molar-refractivity contribution in [2.24, 2.45) is 0 Å². The largest absolute Gasteiger partial charge is 0.355 e. The smallest absolute Gasteiger partial charge is 0.343 e. The summed E-state index contributed by atoms with van der Waals surface area (Å²) in [6.45, 7) is 3.48. The maximum Gasteiger partial charge on any atom is 0.343 e. The summed E-state index contributed by atoms with van der Waals surface area (Å²) in [5, 5.41) is 5.38. The zero-order valence-electron chi connectivity index (χ0n) is 12.9. The second-order valence-electron chi connectivity index (χ2n) is 5.89. The minimum Gasteiger partial charge on any atom is -0.355 e. The van der Waals surface area contributed by atoms with E-state index in [4.69, 9.17) is 0 Å². The highest BCUT2D eigenvalue weighted by Crippen LogP contribution is 2.28. The van der Waals surface area contributed by atoms with Crippen LogP contribution >= 0.6 is 0 Å². The first-order valence-electron chi connectivity index (χ1n) is 7.82. The Morgan fingerprint density at radius 1 is 1.17 bits per heavy atom. The lowest BCUT2D eigenvalue weighted by molar-refractivity contribution is 0.356. The van der Waals surface area contributed by atoms with Crippen molar-refractivity contribution >= 4 is 16.7 Å². The van der Waals surface area contributed by atoms with Gasteiger partial charge in [0.05, 0.1) is 6.04 Å². The summed E-state index contributed by atoms with van der Waals surface area (Å²) in [6, 6.07) is 6.10. The fourth-order valence-corrected chi connectivity index (χ4v) is 3.23. The number of nitrogens with one attached hydrogen (secondary N) is 1. The van der Waals surface area contributed by atoms with E-state index in [-0.39, 0.29) is 11.7 Å². The van der Waals surface area contributed by atoms with Gasteiger partial charge in [-0.1, -0.05) is 6.07 Å². The number of hydrogen-bond donors (Lipinski definition) is 1. The number of aromatic nitrogens is 5. The highest BCUT2D eigenvalue weighted by atomic mass is 16.2.